The highest BCUT2D eigenvalue weighted by Gasteiger charge is 1.98. The van der Waals surface area contributed by atoms with Crippen LogP contribution in [0.3, 0.4) is 0 Å². The van der Waals surface area contributed by atoms with Crippen LogP contribution in [0.2, 0.25) is 0 Å². The molecule has 2 N–H and O–H groups in total. The fraction of sp³-hybridized carbons (Fsp3) is 0.429. The topological polar surface area (TPSA) is 70.3 Å². The summed E-state index contributed by atoms with van der Waals surface area (Å²) in [6, 6.07) is 0. The molecule has 5 heteroatoms. The minimum atomic E-state index is 0.348. The second kappa shape index (κ2) is 4.50. The molecule has 0 aliphatic rings. The van der Waals surface area contributed by atoms with E-state index in [0.29, 0.717) is 24.8 Å². The summed E-state index contributed by atoms with van der Waals surface area (Å²) in [6.07, 6.45) is 2.90. The average molecular weight is 169 g/mol. The van der Waals surface area contributed by atoms with Crippen LogP contribution in [0.5, 0.6) is 5.75 Å². The van der Waals surface area contributed by atoms with Crippen LogP contribution in [0.25, 0.3) is 0 Å². The zero-order valence-corrected chi connectivity index (χ0v) is 6.86. The Kier molecular flexibility index (Phi) is 3.28. The van der Waals surface area contributed by atoms with Crippen molar-refractivity contribution < 1.29 is 9.47 Å². The molecule has 0 bridgehead atoms. The van der Waals surface area contributed by atoms with Crippen molar-refractivity contribution in [3.63, 3.8) is 0 Å². The van der Waals surface area contributed by atoms with Crippen LogP contribution in [-0.2, 0) is 4.74 Å². The second-order valence-corrected chi connectivity index (χ2v) is 2.11. The molecule has 5 nitrogen and oxygen atoms in total. The molecule has 0 atom stereocenters. The van der Waals surface area contributed by atoms with Crippen molar-refractivity contribution >= 4 is 5.82 Å². The SMILES string of the molecule is COCCOc1cncnc1N. The van der Waals surface area contributed by atoms with Gasteiger partial charge in [0.15, 0.2) is 11.6 Å². The Labute approximate surface area is 70.5 Å². The quantitative estimate of drug-likeness (QED) is 0.646. The summed E-state index contributed by atoms with van der Waals surface area (Å²) in [6.45, 7) is 0.975. The van der Waals surface area contributed by atoms with Crippen molar-refractivity contribution in [2.45, 2.75) is 0 Å². The van der Waals surface area contributed by atoms with E-state index < -0.39 is 0 Å². The van der Waals surface area contributed by atoms with Gasteiger partial charge >= 0.3 is 0 Å². The van der Waals surface area contributed by atoms with Gasteiger partial charge in [0.2, 0.25) is 0 Å². The average Bonchev–Trinajstić information content (AvgIpc) is 2.09. The molecule has 66 valence electrons. The Balaban J connectivity index is 2.46. The molecular formula is C7H11N3O2. The zero-order chi connectivity index (χ0) is 8.81. The Morgan fingerprint density at radius 3 is 3.00 bits per heavy atom. The first-order valence-electron chi connectivity index (χ1n) is 3.52. The highest BCUT2D eigenvalue weighted by Crippen LogP contribution is 2.14. The van der Waals surface area contributed by atoms with Crippen LogP contribution < -0.4 is 10.5 Å². The van der Waals surface area contributed by atoms with Gasteiger partial charge in [0.25, 0.3) is 0 Å². The van der Waals surface area contributed by atoms with Gasteiger partial charge in [-0.1, -0.05) is 0 Å². The number of nitrogens with two attached hydrogens (primary N) is 1. The maximum absolute atomic E-state index is 5.49. The molecule has 0 aromatic carbocycles. The first kappa shape index (κ1) is 8.73. The third kappa shape index (κ3) is 2.35. The van der Waals surface area contributed by atoms with Crippen LogP contribution in [0.4, 0.5) is 5.82 Å². The summed E-state index contributed by atoms with van der Waals surface area (Å²) in [5.41, 5.74) is 5.49. The Morgan fingerprint density at radius 1 is 1.50 bits per heavy atom. The Morgan fingerprint density at radius 2 is 2.33 bits per heavy atom. The molecular weight excluding hydrogens is 158 g/mol. The molecule has 0 unspecified atom stereocenters. The number of anilines is 1. The molecule has 0 aliphatic carbocycles. The highest BCUT2D eigenvalue weighted by atomic mass is 16.5. The lowest BCUT2D eigenvalue weighted by molar-refractivity contribution is 0.146. The summed E-state index contributed by atoms with van der Waals surface area (Å²) >= 11 is 0. The van der Waals surface area contributed by atoms with Crippen molar-refractivity contribution in [1.82, 2.24) is 9.97 Å². The van der Waals surface area contributed by atoms with E-state index >= 15 is 0 Å². The first-order chi connectivity index (χ1) is 5.84. The summed E-state index contributed by atoms with van der Waals surface area (Å²) < 4.78 is 10.00. The largest absolute Gasteiger partial charge is 0.486 e. The molecule has 0 saturated heterocycles. The molecule has 12 heavy (non-hydrogen) atoms. The number of nitrogens with zero attached hydrogens (tertiary/aromatic N) is 2. The lowest BCUT2D eigenvalue weighted by Crippen LogP contribution is -2.06. The molecule has 0 aliphatic heterocycles. The smallest absolute Gasteiger partial charge is 0.179 e. The van der Waals surface area contributed by atoms with Gasteiger partial charge in [0.05, 0.1) is 12.8 Å². The van der Waals surface area contributed by atoms with E-state index in [9.17, 15) is 0 Å². The minimum absolute atomic E-state index is 0.348. The minimum Gasteiger partial charge on any atom is -0.486 e. The van der Waals surface area contributed by atoms with Crippen molar-refractivity contribution in [1.29, 1.82) is 0 Å². The van der Waals surface area contributed by atoms with Crippen LogP contribution in [0.1, 0.15) is 0 Å². The molecule has 0 spiro atoms. The number of aromatic nitrogens is 2. The Hall–Kier alpha value is -1.36. The van der Waals surface area contributed by atoms with Crippen molar-refractivity contribution in [3.05, 3.63) is 12.5 Å². The lowest BCUT2D eigenvalue weighted by Gasteiger charge is -2.05. The predicted molar refractivity (Wildman–Crippen MR) is 43.8 cm³/mol. The molecule has 1 heterocycles. The van der Waals surface area contributed by atoms with Gasteiger partial charge in [-0.2, -0.15) is 0 Å². The normalized spacial score (nSPS) is 9.75. The maximum atomic E-state index is 5.49. The molecule has 1 aromatic heterocycles. The van der Waals surface area contributed by atoms with Gasteiger partial charge in [-0.15, -0.1) is 0 Å². The molecule has 1 aromatic rings. The summed E-state index contributed by atoms with van der Waals surface area (Å²) in [4.78, 5) is 7.53. The van der Waals surface area contributed by atoms with Gasteiger partial charge < -0.3 is 15.2 Å². The number of rotatable bonds is 4. The van der Waals surface area contributed by atoms with Gasteiger partial charge in [-0.3, -0.25) is 0 Å². The van der Waals surface area contributed by atoms with Crippen molar-refractivity contribution in [2.75, 3.05) is 26.1 Å². The van der Waals surface area contributed by atoms with E-state index in [1.165, 1.54) is 12.5 Å². The van der Waals surface area contributed by atoms with Gasteiger partial charge in [0, 0.05) is 7.11 Å². The van der Waals surface area contributed by atoms with Crippen LogP contribution in [-0.4, -0.2) is 30.3 Å². The van der Waals surface area contributed by atoms with Gasteiger partial charge in [-0.25, -0.2) is 9.97 Å². The van der Waals surface area contributed by atoms with E-state index in [1.54, 1.807) is 7.11 Å². The third-order valence-electron chi connectivity index (χ3n) is 1.25. The van der Waals surface area contributed by atoms with Crippen LogP contribution >= 0.6 is 0 Å². The molecule has 0 fully saturated rings. The lowest BCUT2D eigenvalue weighted by atomic mass is 10.5. The van der Waals surface area contributed by atoms with Crippen molar-refractivity contribution in [3.8, 4) is 5.75 Å². The predicted octanol–water partition coefficient (Wildman–Crippen LogP) is 0.0840. The fourth-order valence-electron chi connectivity index (χ4n) is 0.672. The summed E-state index contributed by atoms with van der Waals surface area (Å²) in [5.74, 6) is 0.843. The van der Waals surface area contributed by atoms with E-state index in [-0.39, 0.29) is 0 Å². The van der Waals surface area contributed by atoms with E-state index in [4.69, 9.17) is 15.2 Å². The molecule has 0 saturated carbocycles. The molecule has 1 rings (SSSR count). The third-order valence-corrected chi connectivity index (χ3v) is 1.25. The first-order valence-corrected chi connectivity index (χ1v) is 3.52. The summed E-state index contributed by atoms with van der Waals surface area (Å²) in [5, 5.41) is 0. The molecule has 0 amide bonds. The fourth-order valence-corrected chi connectivity index (χ4v) is 0.672. The van der Waals surface area contributed by atoms with E-state index in [0.717, 1.165) is 0 Å². The summed E-state index contributed by atoms with van der Waals surface area (Å²) in [7, 11) is 1.61. The van der Waals surface area contributed by atoms with E-state index in [2.05, 4.69) is 9.97 Å². The van der Waals surface area contributed by atoms with E-state index in [1.807, 2.05) is 0 Å². The number of hydrogen-bond acceptors (Lipinski definition) is 5. The maximum Gasteiger partial charge on any atom is 0.179 e. The van der Waals surface area contributed by atoms with Gasteiger partial charge in [-0.05, 0) is 0 Å². The zero-order valence-electron chi connectivity index (χ0n) is 6.86. The number of methoxy groups -OCH3 is 1. The van der Waals surface area contributed by atoms with Crippen LogP contribution in [0, 0.1) is 0 Å². The standard InChI is InChI=1S/C7H11N3O2/c1-11-2-3-12-6-4-9-5-10-7(6)8/h4-5H,2-3H2,1H3,(H2,8,9,10). The number of nitrogen functional groups attached to an aromatic ring is 1. The Bertz CT molecular complexity index is 242. The van der Waals surface area contributed by atoms with Crippen LogP contribution in [0.15, 0.2) is 12.5 Å². The number of hydrogen-bond donors (Lipinski definition) is 1. The second-order valence-electron chi connectivity index (χ2n) is 2.11. The van der Waals surface area contributed by atoms with Gasteiger partial charge in [0.1, 0.15) is 12.9 Å². The highest BCUT2D eigenvalue weighted by molar-refractivity contribution is 5.42. The monoisotopic (exact) mass is 169 g/mol. The number of ether oxygens (including phenoxy) is 2. The van der Waals surface area contributed by atoms with Crippen molar-refractivity contribution in [2.24, 2.45) is 0 Å². The molecule has 0 radical (unpaired) electrons.